The fraction of sp³-hybridized carbons (Fsp3) is 0.550. The van der Waals surface area contributed by atoms with Crippen LogP contribution in [-0.2, 0) is 9.59 Å². The number of aryl methyl sites for hydroxylation is 1. The van der Waals surface area contributed by atoms with Gasteiger partial charge in [-0.3, -0.25) is 9.59 Å². The molecule has 10 heteroatoms. The third-order valence-electron chi connectivity index (χ3n) is 5.55. The van der Waals surface area contributed by atoms with E-state index in [1.807, 2.05) is 19.1 Å². The highest BCUT2D eigenvalue weighted by atomic mass is 16.3. The number of amides is 4. The summed E-state index contributed by atoms with van der Waals surface area (Å²) < 4.78 is 0. The van der Waals surface area contributed by atoms with Gasteiger partial charge in [-0.1, -0.05) is 17.7 Å². The standard InChI is InChI=1S/C20H28N4O6/c1-11-4-6-12(7-5-11)22-19(29)24-14-9-20(30,10-15(25)16(14)26)18(28)23-13-3-2-8-21-17(13)27/h4-7,13-16,25-26,30H,2-3,8-10H2,1H3,(H,21,27)(H,23,28)(H2,22,24,29)/t13-,14-,15-,16-,20+/m1/s1. The lowest BCUT2D eigenvalue weighted by molar-refractivity contribution is -0.159. The average Bonchev–Trinajstić information content (AvgIpc) is 2.69. The number of urea groups is 1. The molecule has 1 aromatic carbocycles. The van der Waals surface area contributed by atoms with Crippen molar-refractivity contribution < 1.29 is 29.7 Å². The highest BCUT2D eigenvalue weighted by molar-refractivity contribution is 5.92. The zero-order chi connectivity index (χ0) is 21.9. The maximum atomic E-state index is 12.7. The summed E-state index contributed by atoms with van der Waals surface area (Å²) >= 11 is 0. The van der Waals surface area contributed by atoms with E-state index in [9.17, 15) is 29.7 Å². The number of rotatable bonds is 4. The van der Waals surface area contributed by atoms with Gasteiger partial charge >= 0.3 is 6.03 Å². The topological polar surface area (TPSA) is 160 Å². The Balaban J connectivity index is 1.64. The van der Waals surface area contributed by atoms with E-state index >= 15 is 0 Å². The van der Waals surface area contributed by atoms with E-state index < -0.39 is 48.3 Å². The smallest absolute Gasteiger partial charge is 0.319 e. The van der Waals surface area contributed by atoms with E-state index in [0.29, 0.717) is 25.1 Å². The van der Waals surface area contributed by atoms with Crippen molar-refractivity contribution in [1.29, 1.82) is 0 Å². The Kier molecular flexibility index (Phi) is 6.59. The highest BCUT2D eigenvalue weighted by Crippen LogP contribution is 2.30. The molecule has 5 atom stereocenters. The van der Waals surface area contributed by atoms with Gasteiger partial charge in [-0.15, -0.1) is 0 Å². The molecule has 0 aromatic heterocycles. The first kappa shape index (κ1) is 22.0. The van der Waals surface area contributed by atoms with Gasteiger partial charge in [0, 0.05) is 25.1 Å². The van der Waals surface area contributed by atoms with Crippen LogP contribution in [0.1, 0.15) is 31.2 Å². The third-order valence-corrected chi connectivity index (χ3v) is 5.55. The van der Waals surface area contributed by atoms with Crippen molar-refractivity contribution in [2.45, 2.75) is 62.5 Å². The summed E-state index contributed by atoms with van der Waals surface area (Å²) in [6.45, 7) is 2.44. The summed E-state index contributed by atoms with van der Waals surface area (Å²) in [4.78, 5) is 36.9. The van der Waals surface area contributed by atoms with E-state index in [1.165, 1.54) is 0 Å². The first-order valence-corrected chi connectivity index (χ1v) is 9.99. The van der Waals surface area contributed by atoms with Crippen LogP contribution in [0, 0.1) is 6.92 Å². The van der Waals surface area contributed by atoms with Crippen molar-refractivity contribution in [3.63, 3.8) is 0 Å². The molecule has 3 rings (SSSR count). The van der Waals surface area contributed by atoms with Crippen molar-refractivity contribution in [2.24, 2.45) is 0 Å². The molecule has 4 amide bonds. The number of hydrogen-bond acceptors (Lipinski definition) is 6. The van der Waals surface area contributed by atoms with Gasteiger partial charge < -0.3 is 36.6 Å². The highest BCUT2D eigenvalue weighted by Gasteiger charge is 2.49. The van der Waals surface area contributed by atoms with Crippen molar-refractivity contribution in [3.05, 3.63) is 29.8 Å². The molecule has 0 radical (unpaired) electrons. The first-order valence-electron chi connectivity index (χ1n) is 9.99. The van der Waals surface area contributed by atoms with Crippen LogP contribution in [0.4, 0.5) is 10.5 Å². The van der Waals surface area contributed by atoms with E-state index in [2.05, 4.69) is 21.3 Å². The Labute approximate surface area is 174 Å². The number of carbonyl (C=O) groups is 3. The number of benzene rings is 1. The lowest BCUT2D eigenvalue weighted by atomic mass is 9.77. The first-order chi connectivity index (χ1) is 14.2. The minimum absolute atomic E-state index is 0.313. The molecular formula is C20H28N4O6. The van der Waals surface area contributed by atoms with Gasteiger partial charge in [0.1, 0.15) is 17.7 Å². The third kappa shape index (κ3) is 5.07. The van der Waals surface area contributed by atoms with Crippen LogP contribution >= 0.6 is 0 Å². The van der Waals surface area contributed by atoms with Crippen molar-refractivity contribution in [1.82, 2.24) is 16.0 Å². The predicted octanol–water partition coefficient (Wildman–Crippen LogP) is -0.873. The molecule has 2 fully saturated rings. The SMILES string of the molecule is Cc1ccc(NC(=O)N[C@@H]2C[C@@](O)(C(=O)N[C@@H]3CCCNC3=O)C[C@@H](O)[C@@H]2O)cc1. The van der Waals surface area contributed by atoms with Crippen molar-refractivity contribution in [2.75, 3.05) is 11.9 Å². The van der Waals surface area contributed by atoms with Gasteiger partial charge in [-0.2, -0.15) is 0 Å². The maximum Gasteiger partial charge on any atom is 0.319 e. The van der Waals surface area contributed by atoms with E-state index in [4.69, 9.17) is 0 Å². The van der Waals surface area contributed by atoms with Crippen LogP contribution in [0.25, 0.3) is 0 Å². The second-order valence-corrected chi connectivity index (χ2v) is 8.03. The van der Waals surface area contributed by atoms with Gasteiger partial charge in [0.05, 0.1) is 12.1 Å². The molecule has 0 bridgehead atoms. The maximum absolute atomic E-state index is 12.7. The van der Waals surface area contributed by atoms with Gasteiger partial charge in [-0.05, 0) is 31.9 Å². The molecule has 1 aliphatic carbocycles. The Morgan fingerprint density at radius 2 is 1.83 bits per heavy atom. The minimum Gasteiger partial charge on any atom is -0.390 e. The summed E-state index contributed by atoms with van der Waals surface area (Å²) in [6.07, 6.45) is -2.38. The van der Waals surface area contributed by atoms with Crippen molar-refractivity contribution >= 4 is 23.5 Å². The molecular weight excluding hydrogens is 392 g/mol. The van der Waals surface area contributed by atoms with Crippen LogP contribution in [0.5, 0.6) is 0 Å². The van der Waals surface area contributed by atoms with E-state index in [0.717, 1.165) is 5.56 Å². The fourth-order valence-electron chi connectivity index (χ4n) is 3.80. The molecule has 30 heavy (non-hydrogen) atoms. The summed E-state index contributed by atoms with van der Waals surface area (Å²) in [5.41, 5.74) is -0.493. The summed E-state index contributed by atoms with van der Waals surface area (Å²) in [7, 11) is 0. The zero-order valence-corrected chi connectivity index (χ0v) is 16.7. The number of anilines is 1. The molecule has 2 aliphatic rings. The average molecular weight is 420 g/mol. The number of piperidine rings is 1. The summed E-state index contributed by atoms with van der Waals surface area (Å²) in [5, 5.41) is 41.6. The van der Waals surface area contributed by atoms with Crippen LogP contribution in [0.15, 0.2) is 24.3 Å². The van der Waals surface area contributed by atoms with E-state index in [-0.39, 0.29) is 12.3 Å². The van der Waals surface area contributed by atoms with Gasteiger partial charge in [0.25, 0.3) is 5.91 Å². The van der Waals surface area contributed by atoms with Crippen LogP contribution < -0.4 is 21.3 Å². The van der Waals surface area contributed by atoms with Crippen LogP contribution in [-0.4, -0.2) is 69.6 Å². The fourth-order valence-corrected chi connectivity index (χ4v) is 3.80. The van der Waals surface area contributed by atoms with Gasteiger partial charge in [0.15, 0.2) is 0 Å². The molecule has 10 nitrogen and oxygen atoms in total. The second kappa shape index (κ2) is 8.99. The van der Waals surface area contributed by atoms with Crippen LogP contribution in [0.2, 0.25) is 0 Å². The normalized spacial score (nSPS) is 31.4. The lowest BCUT2D eigenvalue weighted by Gasteiger charge is -2.42. The Bertz CT molecular complexity index is 801. The van der Waals surface area contributed by atoms with Gasteiger partial charge in [-0.25, -0.2) is 4.79 Å². The molecule has 0 unspecified atom stereocenters. The molecule has 7 N–H and O–H groups in total. The van der Waals surface area contributed by atoms with Crippen LogP contribution in [0.3, 0.4) is 0 Å². The second-order valence-electron chi connectivity index (χ2n) is 8.03. The zero-order valence-electron chi connectivity index (χ0n) is 16.7. The quantitative estimate of drug-likeness (QED) is 0.335. The minimum atomic E-state index is -2.04. The molecule has 1 saturated heterocycles. The number of nitrogens with one attached hydrogen (secondary N) is 4. The lowest BCUT2D eigenvalue weighted by Crippen LogP contribution is -2.65. The number of carbonyl (C=O) groups excluding carboxylic acids is 3. The predicted molar refractivity (Wildman–Crippen MR) is 107 cm³/mol. The molecule has 164 valence electrons. The van der Waals surface area contributed by atoms with Crippen molar-refractivity contribution in [3.8, 4) is 0 Å². The largest absolute Gasteiger partial charge is 0.390 e. The molecule has 1 saturated carbocycles. The number of aliphatic hydroxyl groups is 3. The Morgan fingerprint density at radius 3 is 2.50 bits per heavy atom. The van der Waals surface area contributed by atoms with E-state index in [1.54, 1.807) is 12.1 Å². The molecule has 0 spiro atoms. The Hall–Kier alpha value is -2.69. The Morgan fingerprint density at radius 1 is 1.13 bits per heavy atom. The monoisotopic (exact) mass is 420 g/mol. The van der Waals surface area contributed by atoms with Gasteiger partial charge in [0.2, 0.25) is 5.91 Å². The number of hydrogen-bond donors (Lipinski definition) is 7. The molecule has 1 heterocycles. The molecule has 1 aliphatic heterocycles. The number of aliphatic hydroxyl groups excluding tert-OH is 2. The summed E-state index contributed by atoms with van der Waals surface area (Å²) in [5.74, 6) is -1.15. The molecule has 1 aromatic rings. The summed E-state index contributed by atoms with van der Waals surface area (Å²) in [6, 6.07) is 4.57.